The van der Waals surface area contributed by atoms with Crippen molar-refractivity contribution in [2.24, 2.45) is 5.73 Å². The number of aliphatic hydroxyl groups excluding tert-OH is 1. The van der Waals surface area contributed by atoms with Crippen molar-refractivity contribution in [3.63, 3.8) is 0 Å². The molecule has 0 saturated carbocycles. The number of hydrogen-bond acceptors (Lipinski definition) is 4. The van der Waals surface area contributed by atoms with Crippen molar-refractivity contribution in [3.05, 3.63) is 35.4 Å². The molecule has 1 aromatic carbocycles. The number of ether oxygens (including phenoxy) is 2. The summed E-state index contributed by atoms with van der Waals surface area (Å²) >= 11 is 0. The van der Waals surface area contributed by atoms with Crippen molar-refractivity contribution in [3.8, 4) is 0 Å². The predicted molar refractivity (Wildman–Crippen MR) is 76.1 cm³/mol. The van der Waals surface area contributed by atoms with Gasteiger partial charge in [-0.3, -0.25) is 0 Å². The topological polar surface area (TPSA) is 64.7 Å². The molecule has 1 unspecified atom stereocenters. The maximum absolute atomic E-state index is 13.4. The number of hydrogen-bond donors (Lipinski definition) is 2. The third-order valence-corrected chi connectivity index (χ3v) is 3.53. The number of benzene rings is 1. The normalized spacial score (nSPS) is 14.1. The second-order valence-corrected chi connectivity index (χ2v) is 5.01. The molecule has 0 aliphatic carbocycles. The van der Waals surface area contributed by atoms with E-state index in [9.17, 15) is 13.9 Å². The molecule has 0 aromatic heterocycles. The molecule has 21 heavy (non-hydrogen) atoms. The first-order valence-corrected chi connectivity index (χ1v) is 6.92. The van der Waals surface area contributed by atoms with Gasteiger partial charge in [0, 0.05) is 45.0 Å². The lowest BCUT2D eigenvalue weighted by molar-refractivity contribution is 0.0781. The van der Waals surface area contributed by atoms with Crippen LogP contribution < -0.4 is 5.73 Å². The minimum absolute atomic E-state index is 0.0772. The van der Waals surface area contributed by atoms with Gasteiger partial charge in [-0.25, -0.2) is 8.78 Å². The largest absolute Gasteiger partial charge is 0.395 e. The minimum Gasteiger partial charge on any atom is -0.395 e. The molecular weight excluding hydrogens is 280 g/mol. The Labute approximate surface area is 123 Å². The van der Waals surface area contributed by atoms with Crippen LogP contribution in [0.4, 0.5) is 8.78 Å². The van der Waals surface area contributed by atoms with E-state index in [1.54, 1.807) is 7.11 Å². The van der Waals surface area contributed by atoms with E-state index in [-0.39, 0.29) is 13.2 Å². The van der Waals surface area contributed by atoms with Crippen LogP contribution in [0, 0.1) is 11.6 Å². The summed E-state index contributed by atoms with van der Waals surface area (Å²) in [6.07, 6.45) is 1.15. The number of rotatable bonds is 10. The molecule has 0 aliphatic rings. The van der Waals surface area contributed by atoms with Gasteiger partial charge in [-0.05, 0) is 30.5 Å². The second kappa shape index (κ2) is 9.04. The lowest BCUT2D eigenvalue weighted by atomic mass is 9.78. The summed E-state index contributed by atoms with van der Waals surface area (Å²) in [5, 5.41) is 9.65. The molecule has 0 bridgehead atoms. The van der Waals surface area contributed by atoms with E-state index in [0.29, 0.717) is 31.8 Å². The Balaban J connectivity index is 2.69. The van der Waals surface area contributed by atoms with E-state index in [4.69, 9.17) is 15.2 Å². The SMILES string of the molecule is COCCCOCCC(CN)(CO)c1cc(F)cc(F)c1. The summed E-state index contributed by atoms with van der Waals surface area (Å²) in [5.74, 6) is -1.37. The molecule has 6 heteroatoms. The van der Waals surface area contributed by atoms with Gasteiger partial charge >= 0.3 is 0 Å². The zero-order chi connectivity index (χ0) is 15.7. The highest BCUT2D eigenvalue weighted by atomic mass is 19.1. The van der Waals surface area contributed by atoms with Crippen LogP contribution in [0.25, 0.3) is 0 Å². The molecule has 0 fully saturated rings. The van der Waals surface area contributed by atoms with Crippen molar-refractivity contribution < 1.29 is 23.4 Å². The molecule has 0 heterocycles. The summed E-state index contributed by atoms with van der Waals surface area (Å²) in [5.41, 5.74) is 5.19. The molecule has 1 rings (SSSR count). The molecule has 1 atom stereocenters. The van der Waals surface area contributed by atoms with Gasteiger partial charge in [-0.15, -0.1) is 0 Å². The maximum Gasteiger partial charge on any atom is 0.126 e. The Bertz CT molecular complexity index is 405. The van der Waals surface area contributed by atoms with E-state index < -0.39 is 17.0 Å². The molecule has 3 N–H and O–H groups in total. The quantitative estimate of drug-likeness (QED) is 0.644. The van der Waals surface area contributed by atoms with E-state index in [1.807, 2.05) is 0 Å². The minimum atomic E-state index is -0.899. The zero-order valence-electron chi connectivity index (χ0n) is 12.3. The summed E-state index contributed by atoms with van der Waals surface area (Å²) in [7, 11) is 1.61. The van der Waals surface area contributed by atoms with Gasteiger partial charge in [0.1, 0.15) is 11.6 Å². The zero-order valence-corrected chi connectivity index (χ0v) is 12.3. The highest BCUT2D eigenvalue weighted by Gasteiger charge is 2.31. The molecule has 120 valence electrons. The molecule has 4 nitrogen and oxygen atoms in total. The van der Waals surface area contributed by atoms with Crippen LogP contribution in [0.1, 0.15) is 18.4 Å². The highest BCUT2D eigenvalue weighted by molar-refractivity contribution is 5.28. The summed E-state index contributed by atoms with van der Waals surface area (Å²) < 4.78 is 37.0. The Morgan fingerprint density at radius 3 is 2.33 bits per heavy atom. The lowest BCUT2D eigenvalue weighted by Gasteiger charge is -2.31. The van der Waals surface area contributed by atoms with Crippen molar-refractivity contribution in [1.29, 1.82) is 0 Å². The number of aliphatic hydroxyl groups is 1. The molecular formula is C15H23F2NO3. The Morgan fingerprint density at radius 2 is 1.81 bits per heavy atom. The third kappa shape index (κ3) is 5.32. The average Bonchev–Trinajstić information content (AvgIpc) is 2.46. The Kier molecular flexibility index (Phi) is 7.74. The van der Waals surface area contributed by atoms with E-state index in [1.165, 1.54) is 12.1 Å². The number of methoxy groups -OCH3 is 1. The molecule has 0 spiro atoms. The van der Waals surface area contributed by atoms with Gasteiger partial charge in [-0.2, -0.15) is 0 Å². The van der Waals surface area contributed by atoms with Crippen LogP contribution >= 0.6 is 0 Å². The fourth-order valence-electron chi connectivity index (χ4n) is 2.13. The van der Waals surface area contributed by atoms with Gasteiger partial charge in [0.15, 0.2) is 0 Å². The van der Waals surface area contributed by atoms with Gasteiger partial charge in [0.25, 0.3) is 0 Å². The predicted octanol–water partition coefficient (Wildman–Crippen LogP) is 1.60. The first-order chi connectivity index (χ1) is 10.1. The van der Waals surface area contributed by atoms with E-state index in [0.717, 1.165) is 12.5 Å². The van der Waals surface area contributed by atoms with Gasteiger partial charge in [0.2, 0.25) is 0 Å². The highest BCUT2D eigenvalue weighted by Crippen LogP contribution is 2.28. The molecule has 1 aromatic rings. The fraction of sp³-hybridized carbons (Fsp3) is 0.600. The summed E-state index contributed by atoms with van der Waals surface area (Å²) in [6.45, 7) is 1.26. The second-order valence-electron chi connectivity index (χ2n) is 5.01. The van der Waals surface area contributed by atoms with Crippen LogP contribution in [-0.2, 0) is 14.9 Å². The van der Waals surface area contributed by atoms with Crippen molar-refractivity contribution in [2.75, 3.05) is 40.1 Å². The first-order valence-electron chi connectivity index (χ1n) is 6.92. The molecule has 0 aliphatic heterocycles. The summed E-state index contributed by atoms with van der Waals surface area (Å²) in [4.78, 5) is 0. The first kappa shape index (κ1) is 18.0. The summed E-state index contributed by atoms with van der Waals surface area (Å²) in [6, 6.07) is 3.21. The van der Waals surface area contributed by atoms with Crippen LogP contribution in [0.2, 0.25) is 0 Å². The van der Waals surface area contributed by atoms with Crippen LogP contribution in [0.5, 0.6) is 0 Å². The average molecular weight is 303 g/mol. The standard InChI is InChI=1S/C15H23F2NO3/c1-20-4-2-5-21-6-3-15(10-18,11-19)12-7-13(16)9-14(17)8-12/h7-9,19H,2-6,10-11,18H2,1H3. The van der Waals surface area contributed by atoms with Gasteiger partial charge < -0.3 is 20.3 Å². The molecule has 0 saturated heterocycles. The monoisotopic (exact) mass is 303 g/mol. The van der Waals surface area contributed by atoms with Gasteiger partial charge in [0.05, 0.1) is 6.61 Å². The third-order valence-electron chi connectivity index (χ3n) is 3.53. The number of halogens is 2. The van der Waals surface area contributed by atoms with Crippen molar-refractivity contribution >= 4 is 0 Å². The van der Waals surface area contributed by atoms with Gasteiger partial charge in [-0.1, -0.05) is 0 Å². The van der Waals surface area contributed by atoms with Crippen molar-refractivity contribution in [1.82, 2.24) is 0 Å². The number of nitrogens with two attached hydrogens (primary N) is 1. The van der Waals surface area contributed by atoms with Crippen LogP contribution in [-0.4, -0.2) is 45.2 Å². The fourth-order valence-corrected chi connectivity index (χ4v) is 2.13. The van der Waals surface area contributed by atoms with Crippen molar-refractivity contribution in [2.45, 2.75) is 18.3 Å². The van der Waals surface area contributed by atoms with E-state index in [2.05, 4.69) is 0 Å². The van der Waals surface area contributed by atoms with Crippen LogP contribution in [0.15, 0.2) is 18.2 Å². The lowest BCUT2D eigenvalue weighted by Crippen LogP contribution is -2.40. The smallest absolute Gasteiger partial charge is 0.126 e. The van der Waals surface area contributed by atoms with Crippen LogP contribution in [0.3, 0.4) is 0 Å². The molecule has 0 radical (unpaired) electrons. The maximum atomic E-state index is 13.4. The van der Waals surface area contributed by atoms with E-state index >= 15 is 0 Å². The Hall–Kier alpha value is -1.08. The Morgan fingerprint density at radius 1 is 1.14 bits per heavy atom. The molecule has 0 amide bonds.